The second-order valence-electron chi connectivity index (χ2n) is 8.65. The van der Waals surface area contributed by atoms with Gasteiger partial charge in [0.2, 0.25) is 5.95 Å². The minimum Gasteiger partial charge on any atom is -0.481 e. The van der Waals surface area contributed by atoms with Crippen molar-refractivity contribution in [3.63, 3.8) is 0 Å². The van der Waals surface area contributed by atoms with Gasteiger partial charge in [0, 0.05) is 35.6 Å². The highest BCUT2D eigenvalue weighted by Gasteiger charge is 2.22. The summed E-state index contributed by atoms with van der Waals surface area (Å²) < 4.78 is 13.0. The molecule has 4 rings (SSSR count). The van der Waals surface area contributed by atoms with Crippen molar-refractivity contribution in [2.75, 3.05) is 10.6 Å². The third-order valence-electron chi connectivity index (χ3n) is 5.92. The molecule has 0 spiro atoms. The Morgan fingerprint density at radius 2 is 1.47 bits per heavy atom. The summed E-state index contributed by atoms with van der Waals surface area (Å²) in [6, 6.07) is 21.1. The fourth-order valence-corrected chi connectivity index (χ4v) is 3.83. The minimum atomic E-state index is -0.983. The molecule has 0 fully saturated rings. The van der Waals surface area contributed by atoms with Gasteiger partial charge in [-0.2, -0.15) is 0 Å². The summed E-state index contributed by atoms with van der Waals surface area (Å²) in [5.41, 5.74) is 3.30. The Balaban J connectivity index is 1.32. The summed E-state index contributed by atoms with van der Waals surface area (Å²) in [6.45, 7) is 0. The molecule has 192 valence electrons. The van der Waals surface area contributed by atoms with E-state index in [-0.39, 0.29) is 18.2 Å². The molecule has 38 heavy (non-hydrogen) atoms. The molecule has 1 unspecified atom stereocenters. The van der Waals surface area contributed by atoms with Gasteiger partial charge in [0.25, 0.3) is 0 Å². The van der Waals surface area contributed by atoms with Gasteiger partial charge in [-0.3, -0.25) is 14.9 Å². The molecule has 0 radical (unpaired) electrons. The zero-order valence-corrected chi connectivity index (χ0v) is 20.3. The van der Waals surface area contributed by atoms with E-state index >= 15 is 0 Å². The van der Waals surface area contributed by atoms with Gasteiger partial charge in [0.05, 0.1) is 5.92 Å². The molecule has 0 aliphatic carbocycles. The lowest BCUT2D eigenvalue weighted by Gasteiger charge is -2.12. The predicted molar refractivity (Wildman–Crippen MR) is 141 cm³/mol. The van der Waals surface area contributed by atoms with Crippen molar-refractivity contribution < 1.29 is 23.9 Å². The van der Waals surface area contributed by atoms with Crippen LogP contribution in [0.4, 0.5) is 20.8 Å². The normalized spacial score (nSPS) is 11.4. The number of Topliss-reactive ketones (excluding diaryl/α,β-unsaturated/α-hetero) is 1. The molecule has 8 nitrogen and oxygen atoms in total. The summed E-state index contributed by atoms with van der Waals surface area (Å²) >= 11 is 0. The number of halogens is 1. The fourth-order valence-electron chi connectivity index (χ4n) is 3.83. The van der Waals surface area contributed by atoms with Crippen molar-refractivity contribution in [1.29, 1.82) is 0 Å². The number of nitrogens with one attached hydrogen (secondary N) is 2. The van der Waals surface area contributed by atoms with Crippen molar-refractivity contribution >= 4 is 29.4 Å². The quantitative estimate of drug-likeness (QED) is 0.230. The van der Waals surface area contributed by atoms with Gasteiger partial charge in [-0.05, 0) is 48.2 Å². The average Bonchev–Trinajstić information content (AvgIpc) is 2.93. The van der Waals surface area contributed by atoms with E-state index in [1.807, 2.05) is 30.3 Å². The number of carbonyl (C=O) groups is 3. The molecule has 9 heteroatoms. The number of rotatable bonds is 10. The predicted octanol–water partition coefficient (Wildman–Crippen LogP) is 5.83. The van der Waals surface area contributed by atoms with Gasteiger partial charge in [-0.25, -0.2) is 19.2 Å². The summed E-state index contributed by atoms with van der Waals surface area (Å²) in [6.07, 6.45) is 3.94. The Hall–Kier alpha value is -4.92. The Bertz CT molecular complexity index is 1390. The van der Waals surface area contributed by atoms with Crippen LogP contribution in [0.25, 0.3) is 11.1 Å². The number of amides is 2. The number of anilines is 2. The maximum Gasteiger partial charge on any atom is 0.326 e. The number of aliphatic carboxylic acids is 1. The topological polar surface area (TPSA) is 121 Å². The first kappa shape index (κ1) is 26.2. The van der Waals surface area contributed by atoms with E-state index in [0.29, 0.717) is 29.7 Å². The number of aryl methyl sites for hydroxylation is 1. The summed E-state index contributed by atoms with van der Waals surface area (Å²) in [4.78, 5) is 44.8. The van der Waals surface area contributed by atoms with Crippen LogP contribution in [0.2, 0.25) is 0 Å². The van der Waals surface area contributed by atoms with Crippen molar-refractivity contribution in [3.05, 3.63) is 108 Å². The van der Waals surface area contributed by atoms with Crippen LogP contribution in [0.1, 0.15) is 28.8 Å². The zero-order valence-electron chi connectivity index (χ0n) is 20.3. The van der Waals surface area contributed by atoms with Gasteiger partial charge >= 0.3 is 12.0 Å². The van der Waals surface area contributed by atoms with Crippen molar-refractivity contribution in [3.8, 4) is 11.1 Å². The van der Waals surface area contributed by atoms with Gasteiger partial charge in [0.1, 0.15) is 5.82 Å². The highest BCUT2D eigenvalue weighted by atomic mass is 19.1. The molecule has 3 aromatic carbocycles. The number of aromatic nitrogens is 2. The molecular weight excluding hydrogens is 487 g/mol. The van der Waals surface area contributed by atoms with Crippen molar-refractivity contribution in [2.45, 2.75) is 19.3 Å². The average molecular weight is 513 g/mol. The first-order chi connectivity index (χ1) is 18.4. The van der Waals surface area contributed by atoms with Crippen molar-refractivity contribution in [1.82, 2.24) is 9.97 Å². The van der Waals surface area contributed by atoms with E-state index in [9.17, 15) is 23.9 Å². The maximum absolute atomic E-state index is 13.0. The van der Waals surface area contributed by atoms with Crippen LogP contribution in [0, 0.1) is 11.7 Å². The Labute approximate surface area is 218 Å². The van der Waals surface area contributed by atoms with Gasteiger partial charge in [-0.15, -0.1) is 0 Å². The Morgan fingerprint density at radius 3 is 2.11 bits per heavy atom. The van der Waals surface area contributed by atoms with Gasteiger partial charge in [-0.1, -0.05) is 54.6 Å². The minimum absolute atomic E-state index is 0.0784. The number of hydrogen-bond donors (Lipinski definition) is 3. The molecule has 1 atom stereocenters. The molecule has 0 bridgehead atoms. The number of benzene rings is 3. The van der Waals surface area contributed by atoms with Crippen molar-refractivity contribution in [2.24, 2.45) is 5.92 Å². The van der Waals surface area contributed by atoms with Gasteiger partial charge in [0.15, 0.2) is 5.78 Å². The van der Waals surface area contributed by atoms with E-state index in [1.165, 1.54) is 36.7 Å². The second kappa shape index (κ2) is 12.4. The first-order valence-corrected chi connectivity index (χ1v) is 11.9. The molecule has 0 aliphatic heterocycles. The standard InChI is InChI=1S/C29H25FN4O4/c30-24-12-14-25(15-13-24)33-29(38)34-28-31-17-23(18-32-28)20-8-10-21(11-9-20)26(35)16-22(27(36)37)7-6-19-4-2-1-3-5-19/h1-5,8-15,17-18,22H,6-7,16H2,(H,36,37)(H2,31,32,33,34,38). The molecule has 1 aromatic heterocycles. The molecule has 4 aromatic rings. The first-order valence-electron chi connectivity index (χ1n) is 11.9. The summed E-state index contributed by atoms with van der Waals surface area (Å²) in [5, 5.41) is 14.6. The van der Waals surface area contributed by atoms with Crippen LogP contribution in [-0.2, 0) is 11.2 Å². The fraction of sp³-hybridized carbons (Fsp3) is 0.138. The molecule has 3 N–H and O–H groups in total. The third-order valence-corrected chi connectivity index (χ3v) is 5.92. The molecule has 0 saturated heterocycles. The molecule has 2 amide bonds. The number of carboxylic acids is 1. The third kappa shape index (κ3) is 7.30. The maximum atomic E-state index is 13.0. The summed E-state index contributed by atoms with van der Waals surface area (Å²) in [7, 11) is 0. The lowest BCUT2D eigenvalue weighted by molar-refractivity contribution is -0.141. The smallest absolute Gasteiger partial charge is 0.326 e. The SMILES string of the molecule is O=C(Nc1ccc(F)cc1)Nc1ncc(-c2ccc(C(=O)CC(CCc3ccccc3)C(=O)O)cc2)cn1. The number of urea groups is 1. The molecular formula is C29H25FN4O4. The van der Waals surface area contributed by atoms with Crippen LogP contribution >= 0.6 is 0 Å². The number of carboxylic acid groups (broad SMARTS) is 1. The second-order valence-corrected chi connectivity index (χ2v) is 8.65. The summed E-state index contributed by atoms with van der Waals surface area (Å²) in [5.74, 6) is -2.31. The van der Waals surface area contributed by atoms with Crippen LogP contribution in [-0.4, -0.2) is 32.9 Å². The van der Waals surface area contributed by atoms with Crippen LogP contribution < -0.4 is 10.6 Å². The van der Waals surface area contributed by atoms with Gasteiger partial charge < -0.3 is 10.4 Å². The van der Waals surface area contributed by atoms with Crippen LogP contribution in [0.5, 0.6) is 0 Å². The number of carbonyl (C=O) groups excluding carboxylic acids is 2. The van der Waals surface area contributed by atoms with Crippen LogP contribution in [0.3, 0.4) is 0 Å². The van der Waals surface area contributed by atoms with Crippen LogP contribution in [0.15, 0.2) is 91.3 Å². The lowest BCUT2D eigenvalue weighted by atomic mass is 9.92. The van der Waals surface area contributed by atoms with E-state index in [1.54, 1.807) is 24.3 Å². The number of nitrogens with zero attached hydrogens (tertiary/aromatic N) is 2. The molecule has 0 aliphatic rings. The Morgan fingerprint density at radius 1 is 0.816 bits per heavy atom. The zero-order chi connectivity index (χ0) is 26.9. The molecule has 1 heterocycles. The molecule has 0 saturated carbocycles. The highest BCUT2D eigenvalue weighted by Crippen LogP contribution is 2.22. The number of ketones is 1. The highest BCUT2D eigenvalue weighted by molar-refractivity contribution is 5.99. The monoisotopic (exact) mass is 512 g/mol. The van der Waals surface area contributed by atoms with E-state index < -0.39 is 23.7 Å². The lowest BCUT2D eigenvalue weighted by Crippen LogP contribution is -2.20. The Kier molecular flexibility index (Phi) is 8.50. The van der Waals surface area contributed by atoms with E-state index in [2.05, 4.69) is 20.6 Å². The number of hydrogen-bond acceptors (Lipinski definition) is 5. The largest absolute Gasteiger partial charge is 0.481 e. The van der Waals surface area contributed by atoms with E-state index in [4.69, 9.17) is 0 Å². The van der Waals surface area contributed by atoms with E-state index in [0.717, 1.165) is 11.1 Å².